The lowest BCUT2D eigenvalue weighted by Crippen LogP contribution is -2.55. The van der Waals surface area contributed by atoms with Gasteiger partial charge in [0.1, 0.15) is 12.1 Å². The molecule has 1 aromatic carbocycles. The first-order valence-corrected chi connectivity index (χ1v) is 11.3. The molecule has 8 nitrogen and oxygen atoms in total. The fourth-order valence-electron chi connectivity index (χ4n) is 4.41. The van der Waals surface area contributed by atoms with Gasteiger partial charge in [0.15, 0.2) is 0 Å². The standard InChI is InChI=1S/C24H35N5O3/c1-15(16-7-9-17(10-8-16)28-11-5-6-18(28)13-25)27-22(31)20-12-19(30)14-29(20)23(32)21(26)24(2,3)4/h7-10,15,18-21,30H,5-6,11-12,14,26H2,1-4H3,(H,27,31)/t15-,18-,19+,20-,21+/m0/s1. The average Bonchev–Trinajstić information content (AvgIpc) is 3.38. The molecule has 2 amide bonds. The fourth-order valence-corrected chi connectivity index (χ4v) is 4.41. The van der Waals surface area contributed by atoms with Gasteiger partial charge in [-0.2, -0.15) is 5.26 Å². The van der Waals surface area contributed by atoms with Crippen LogP contribution in [0.2, 0.25) is 0 Å². The van der Waals surface area contributed by atoms with E-state index in [-0.39, 0.29) is 36.9 Å². The van der Waals surface area contributed by atoms with Crippen LogP contribution in [0.3, 0.4) is 0 Å². The Labute approximate surface area is 190 Å². The SMILES string of the molecule is C[C@H](NC(=O)[C@@H]1C[C@@H](O)CN1C(=O)[C@@H](N)C(C)(C)C)c1ccc(N2CCC[C@H]2C#N)cc1. The van der Waals surface area contributed by atoms with E-state index < -0.39 is 23.6 Å². The zero-order valence-electron chi connectivity index (χ0n) is 19.4. The van der Waals surface area contributed by atoms with Crippen molar-refractivity contribution in [2.75, 3.05) is 18.0 Å². The van der Waals surface area contributed by atoms with E-state index in [0.29, 0.717) is 0 Å². The zero-order valence-corrected chi connectivity index (χ0v) is 19.4. The number of carbonyl (C=O) groups is 2. The Hall–Kier alpha value is -2.63. The van der Waals surface area contributed by atoms with Crippen LogP contribution in [0.4, 0.5) is 5.69 Å². The van der Waals surface area contributed by atoms with Crippen molar-refractivity contribution >= 4 is 17.5 Å². The van der Waals surface area contributed by atoms with Crippen LogP contribution in [0.1, 0.15) is 58.6 Å². The summed E-state index contributed by atoms with van der Waals surface area (Å²) in [7, 11) is 0. The number of hydrogen-bond acceptors (Lipinski definition) is 6. The quantitative estimate of drug-likeness (QED) is 0.639. The normalized spacial score (nSPS) is 25.3. The number of nitrogens with zero attached hydrogens (tertiary/aromatic N) is 3. The Bertz CT molecular complexity index is 873. The molecule has 3 rings (SSSR count). The van der Waals surface area contributed by atoms with Crippen molar-refractivity contribution < 1.29 is 14.7 Å². The maximum absolute atomic E-state index is 13.0. The van der Waals surface area contributed by atoms with Gasteiger partial charge in [-0.25, -0.2) is 0 Å². The molecule has 0 aromatic heterocycles. The largest absolute Gasteiger partial charge is 0.391 e. The number of likely N-dealkylation sites (tertiary alicyclic amines) is 1. The first-order chi connectivity index (χ1) is 15.0. The number of aliphatic hydroxyl groups excluding tert-OH is 1. The van der Waals surface area contributed by atoms with Gasteiger partial charge in [-0.3, -0.25) is 9.59 Å². The predicted molar refractivity (Wildman–Crippen MR) is 123 cm³/mol. The number of amides is 2. The summed E-state index contributed by atoms with van der Waals surface area (Å²) in [5, 5.41) is 22.4. The minimum absolute atomic E-state index is 0.0882. The van der Waals surface area contributed by atoms with Gasteiger partial charge in [0, 0.05) is 25.2 Å². The monoisotopic (exact) mass is 441 g/mol. The minimum atomic E-state index is -0.754. The Kier molecular flexibility index (Phi) is 7.11. The molecule has 0 aliphatic carbocycles. The van der Waals surface area contributed by atoms with Crippen molar-refractivity contribution in [2.24, 2.45) is 11.1 Å². The molecule has 1 aromatic rings. The molecule has 2 fully saturated rings. The Balaban J connectivity index is 1.66. The Morgan fingerprint density at radius 1 is 1.28 bits per heavy atom. The molecule has 174 valence electrons. The second-order valence-corrected chi connectivity index (χ2v) is 10.0. The zero-order chi connectivity index (χ0) is 23.6. The predicted octanol–water partition coefficient (Wildman–Crippen LogP) is 1.69. The molecule has 0 bridgehead atoms. The van der Waals surface area contributed by atoms with E-state index in [1.807, 2.05) is 52.0 Å². The van der Waals surface area contributed by atoms with Crippen LogP contribution in [-0.4, -0.2) is 59.1 Å². The first-order valence-electron chi connectivity index (χ1n) is 11.3. The summed E-state index contributed by atoms with van der Waals surface area (Å²) < 4.78 is 0. The maximum Gasteiger partial charge on any atom is 0.243 e. The number of aliphatic hydroxyl groups is 1. The van der Waals surface area contributed by atoms with E-state index in [0.717, 1.165) is 30.6 Å². The number of β-amino-alcohol motifs (C(OH)–C–C–N with tert-alkyl or cyclic N) is 1. The number of nitrogens with one attached hydrogen (secondary N) is 1. The van der Waals surface area contributed by atoms with Crippen LogP contribution >= 0.6 is 0 Å². The lowest BCUT2D eigenvalue weighted by Gasteiger charge is -2.32. The minimum Gasteiger partial charge on any atom is -0.391 e. The van der Waals surface area contributed by atoms with Crippen molar-refractivity contribution in [1.82, 2.24) is 10.2 Å². The molecule has 4 N–H and O–H groups in total. The smallest absolute Gasteiger partial charge is 0.243 e. The van der Waals surface area contributed by atoms with Crippen molar-refractivity contribution in [3.63, 3.8) is 0 Å². The number of hydrogen-bond donors (Lipinski definition) is 3. The molecule has 2 saturated heterocycles. The molecule has 5 atom stereocenters. The second kappa shape index (κ2) is 9.47. The van der Waals surface area contributed by atoms with Crippen LogP contribution < -0.4 is 16.0 Å². The summed E-state index contributed by atoms with van der Waals surface area (Å²) >= 11 is 0. The molecule has 32 heavy (non-hydrogen) atoms. The lowest BCUT2D eigenvalue weighted by molar-refractivity contribution is -0.141. The third kappa shape index (κ3) is 5.05. The second-order valence-electron chi connectivity index (χ2n) is 10.0. The Morgan fingerprint density at radius 2 is 1.94 bits per heavy atom. The Morgan fingerprint density at radius 3 is 2.53 bits per heavy atom. The van der Waals surface area contributed by atoms with Gasteiger partial charge in [-0.15, -0.1) is 0 Å². The number of benzene rings is 1. The highest BCUT2D eigenvalue weighted by molar-refractivity contribution is 5.91. The molecular formula is C24H35N5O3. The van der Waals surface area contributed by atoms with Crippen LogP contribution in [-0.2, 0) is 9.59 Å². The lowest BCUT2D eigenvalue weighted by atomic mass is 9.86. The number of nitrogens with two attached hydrogens (primary N) is 1. The van der Waals surface area contributed by atoms with Gasteiger partial charge in [-0.05, 0) is 42.9 Å². The molecule has 0 spiro atoms. The number of nitriles is 1. The van der Waals surface area contributed by atoms with Crippen LogP contribution in [0.5, 0.6) is 0 Å². The number of rotatable bonds is 5. The van der Waals surface area contributed by atoms with Gasteiger partial charge >= 0.3 is 0 Å². The highest BCUT2D eigenvalue weighted by Crippen LogP contribution is 2.28. The summed E-state index contributed by atoms with van der Waals surface area (Å²) in [6, 6.07) is 8.36. The van der Waals surface area contributed by atoms with E-state index >= 15 is 0 Å². The molecule has 8 heteroatoms. The van der Waals surface area contributed by atoms with Crippen molar-refractivity contribution in [3.8, 4) is 6.07 Å². The van der Waals surface area contributed by atoms with Crippen molar-refractivity contribution in [3.05, 3.63) is 29.8 Å². The summed E-state index contributed by atoms with van der Waals surface area (Å²) in [5.41, 5.74) is 7.62. The molecule has 2 heterocycles. The van der Waals surface area contributed by atoms with E-state index in [4.69, 9.17) is 5.73 Å². The van der Waals surface area contributed by atoms with Crippen molar-refractivity contribution in [1.29, 1.82) is 5.26 Å². The van der Waals surface area contributed by atoms with Gasteiger partial charge < -0.3 is 26.0 Å². The van der Waals surface area contributed by atoms with E-state index in [1.54, 1.807) is 0 Å². The van der Waals surface area contributed by atoms with Gasteiger partial charge in [-0.1, -0.05) is 32.9 Å². The van der Waals surface area contributed by atoms with E-state index in [1.165, 1.54) is 4.90 Å². The maximum atomic E-state index is 13.0. The number of anilines is 1. The topological polar surface area (TPSA) is 123 Å². The summed E-state index contributed by atoms with van der Waals surface area (Å²) in [5.74, 6) is -0.611. The summed E-state index contributed by atoms with van der Waals surface area (Å²) in [4.78, 5) is 29.4. The van der Waals surface area contributed by atoms with Gasteiger partial charge in [0.25, 0.3) is 0 Å². The van der Waals surface area contributed by atoms with Gasteiger partial charge in [0.05, 0.1) is 24.3 Å². The molecule has 2 aliphatic heterocycles. The van der Waals surface area contributed by atoms with Crippen molar-refractivity contribution in [2.45, 2.75) is 77.2 Å². The van der Waals surface area contributed by atoms with E-state index in [9.17, 15) is 20.0 Å². The molecule has 0 radical (unpaired) electrons. The number of carbonyl (C=O) groups excluding carboxylic acids is 2. The molecular weight excluding hydrogens is 406 g/mol. The first kappa shape index (κ1) is 24.0. The van der Waals surface area contributed by atoms with E-state index in [2.05, 4.69) is 16.3 Å². The summed E-state index contributed by atoms with van der Waals surface area (Å²) in [6.45, 7) is 8.50. The summed E-state index contributed by atoms with van der Waals surface area (Å²) in [6.07, 6.45) is 1.34. The third-order valence-electron chi connectivity index (χ3n) is 6.55. The molecule has 0 unspecified atom stereocenters. The fraction of sp³-hybridized carbons (Fsp3) is 0.625. The van der Waals surface area contributed by atoms with Crippen LogP contribution in [0.25, 0.3) is 0 Å². The van der Waals surface area contributed by atoms with Crippen LogP contribution in [0.15, 0.2) is 24.3 Å². The third-order valence-corrected chi connectivity index (χ3v) is 6.55. The van der Waals surface area contributed by atoms with Gasteiger partial charge in [0.2, 0.25) is 11.8 Å². The highest BCUT2D eigenvalue weighted by atomic mass is 16.3. The average molecular weight is 442 g/mol. The van der Waals surface area contributed by atoms with Crippen LogP contribution in [0, 0.1) is 16.7 Å². The molecule has 2 aliphatic rings. The molecule has 0 saturated carbocycles. The highest BCUT2D eigenvalue weighted by Gasteiger charge is 2.42.